The van der Waals surface area contributed by atoms with Crippen LogP contribution in [0, 0.1) is 0 Å². The lowest BCUT2D eigenvalue weighted by Gasteiger charge is -2.13. The van der Waals surface area contributed by atoms with Gasteiger partial charge in [0.25, 0.3) is 0 Å². The van der Waals surface area contributed by atoms with E-state index in [2.05, 4.69) is 15.2 Å². The van der Waals surface area contributed by atoms with Crippen LogP contribution in [0.5, 0.6) is 0 Å². The molecule has 1 aromatic rings. The second-order valence-electron chi connectivity index (χ2n) is 4.35. The molecule has 0 unspecified atom stereocenters. The first-order valence-corrected chi connectivity index (χ1v) is 6.11. The average Bonchev–Trinajstić information content (AvgIpc) is 2.90. The number of aliphatic hydroxyl groups is 1. The molecule has 1 aliphatic rings. The summed E-state index contributed by atoms with van der Waals surface area (Å²) in [4.78, 5) is 2.51. The number of likely N-dealkylation sites (tertiary alicyclic amines) is 1. The first kappa shape index (κ1) is 11.5. The van der Waals surface area contributed by atoms with Gasteiger partial charge < -0.3 is 10.0 Å². The van der Waals surface area contributed by atoms with Gasteiger partial charge in [0.1, 0.15) is 0 Å². The van der Waals surface area contributed by atoms with Crippen LogP contribution in [0.2, 0.25) is 0 Å². The lowest BCUT2D eigenvalue weighted by molar-refractivity contribution is 0.298. The maximum absolute atomic E-state index is 8.76. The van der Waals surface area contributed by atoms with Gasteiger partial charge in [0, 0.05) is 25.8 Å². The molecule has 0 radical (unpaired) electrons. The van der Waals surface area contributed by atoms with Crippen molar-refractivity contribution < 1.29 is 5.11 Å². The standard InChI is InChI=1S/C11H20N4O/c16-9-4-11-10-15(13-12-11)8-3-7-14-5-1-2-6-14/h10,16H,1-9H2. The summed E-state index contributed by atoms with van der Waals surface area (Å²) in [5.41, 5.74) is 0.878. The molecule has 0 saturated carbocycles. The Bertz CT molecular complexity index is 307. The summed E-state index contributed by atoms with van der Waals surface area (Å²) >= 11 is 0. The largest absolute Gasteiger partial charge is 0.396 e. The predicted molar refractivity (Wildman–Crippen MR) is 61.1 cm³/mol. The van der Waals surface area contributed by atoms with E-state index in [0.717, 1.165) is 25.2 Å². The van der Waals surface area contributed by atoms with Crippen molar-refractivity contribution in [2.24, 2.45) is 0 Å². The normalized spacial score (nSPS) is 17.1. The van der Waals surface area contributed by atoms with Gasteiger partial charge in [-0.1, -0.05) is 5.21 Å². The first-order valence-electron chi connectivity index (χ1n) is 6.11. The van der Waals surface area contributed by atoms with Crippen molar-refractivity contribution in [3.05, 3.63) is 11.9 Å². The highest BCUT2D eigenvalue weighted by Gasteiger charge is 2.10. The summed E-state index contributed by atoms with van der Waals surface area (Å²) in [6, 6.07) is 0. The molecule has 0 aliphatic carbocycles. The number of hydrogen-bond acceptors (Lipinski definition) is 4. The number of nitrogens with zero attached hydrogens (tertiary/aromatic N) is 4. The van der Waals surface area contributed by atoms with Crippen molar-refractivity contribution in [1.29, 1.82) is 0 Å². The van der Waals surface area contributed by atoms with Crippen molar-refractivity contribution in [3.63, 3.8) is 0 Å². The van der Waals surface area contributed by atoms with Crippen molar-refractivity contribution in [1.82, 2.24) is 19.9 Å². The Kier molecular flexibility index (Phi) is 4.30. The van der Waals surface area contributed by atoms with Gasteiger partial charge in [0.2, 0.25) is 0 Å². The second kappa shape index (κ2) is 5.96. The lowest BCUT2D eigenvalue weighted by atomic mass is 10.3. The molecule has 0 amide bonds. The van der Waals surface area contributed by atoms with Crippen molar-refractivity contribution >= 4 is 0 Å². The Morgan fingerprint density at radius 1 is 1.25 bits per heavy atom. The summed E-state index contributed by atoms with van der Waals surface area (Å²) in [6.45, 7) is 4.75. The monoisotopic (exact) mass is 224 g/mol. The quantitative estimate of drug-likeness (QED) is 0.755. The van der Waals surface area contributed by atoms with Gasteiger partial charge >= 0.3 is 0 Å². The summed E-state index contributed by atoms with van der Waals surface area (Å²) in [7, 11) is 0. The highest BCUT2D eigenvalue weighted by molar-refractivity contribution is 4.91. The molecular formula is C11H20N4O. The van der Waals surface area contributed by atoms with E-state index < -0.39 is 0 Å². The fourth-order valence-corrected chi connectivity index (χ4v) is 2.14. The number of hydrogen-bond donors (Lipinski definition) is 1. The molecule has 5 nitrogen and oxygen atoms in total. The van der Waals surface area contributed by atoms with Gasteiger partial charge in [-0.3, -0.25) is 4.68 Å². The minimum atomic E-state index is 0.145. The van der Waals surface area contributed by atoms with Crippen molar-refractivity contribution in [3.8, 4) is 0 Å². The summed E-state index contributed by atoms with van der Waals surface area (Å²) in [5.74, 6) is 0. The van der Waals surface area contributed by atoms with E-state index in [1.54, 1.807) is 0 Å². The smallest absolute Gasteiger partial charge is 0.0849 e. The van der Waals surface area contributed by atoms with Crippen molar-refractivity contribution in [2.75, 3.05) is 26.2 Å². The van der Waals surface area contributed by atoms with E-state index in [4.69, 9.17) is 5.11 Å². The number of aryl methyl sites for hydroxylation is 1. The third-order valence-corrected chi connectivity index (χ3v) is 3.01. The van der Waals surface area contributed by atoms with Crippen LogP contribution < -0.4 is 0 Å². The third kappa shape index (κ3) is 3.28. The van der Waals surface area contributed by atoms with Gasteiger partial charge in [-0.05, 0) is 38.9 Å². The van der Waals surface area contributed by atoms with Crippen LogP contribution in [0.15, 0.2) is 6.20 Å². The molecule has 90 valence electrons. The van der Waals surface area contributed by atoms with E-state index in [1.165, 1.54) is 25.9 Å². The Morgan fingerprint density at radius 3 is 2.81 bits per heavy atom. The molecule has 1 N–H and O–H groups in total. The van der Waals surface area contributed by atoms with Crippen LogP contribution in [0.4, 0.5) is 0 Å². The predicted octanol–water partition coefficient (Wildman–Crippen LogP) is 0.299. The lowest BCUT2D eigenvalue weighted by Crippen LogP contribution is -2.21. The van der Waals surface area contributed by atoms with Crippen molar-refractivity contribution in [2.45, 2.75) is 32.2 Å². The summed E-state index contributed by atoms with van der Waals surface area (Å²) in [6.07, 6.45) is 6.36. The second-order valence-corrected chi connectivity index (χ2v) is 4.35. The number of aromatic nitrogens is 3. The molecule has 0 bridgehead atoms. The van der Waals surface area contributed by atoms with E-state index >= 15 is 0 Å². The Hall–Kier alpha value is -0.940. The maximum Gasteiger partial charge on any atom is 0.0849 e. The molecule has 1 aliphatic heterocycles. The van der Waals surface area contributed by atoms with Crippen LogP contribution in [0.3, 0.4) is 0 Å². The molecule has 5 heteroatoms. The third-order valence-electron chi connectivity index (χ3n) is 3.01. The molecule has 2 rings (SSSR count). The molecule has 0 atom stereocenters. The van der Waals surface area contributed by atoms with Gasteiger partial charge in [-0.2, -0.15) is 0 Å². The highest BCUT2D eigenvalue weighted by Crippen LogP contribution is 2.07. The molecular weight excluding hydrogens is 204 g/mol. The minimum absolute atomic E-state index is 0.145. The first-order chi connectivity index (χ1) is 7.88. The molecule has 2 heterocycles. The molecule has 1 saturated heterocycles. The SMILES string of the molecule is OCCc1cn(CCCN2CCCC2)nn1. The Labute approximate surface area is 96.1 Å². The zero-order valence-corrected chi connectivity index (χ0v) is 9.68. The molecule has 1 aromatic heterocycles. The summed E-state index contributed by atoms with van der Waals surface area (Å²) < 4.78 is 1.88. The average molecular weight is 224 g/mol. The van der Waals surface area contributed by atoms with Crippen LogP contribution in [0.1, 0.15) is 25.0 Å². The number of aliphatic hydroxyl groups excluding tert-OH is 1. The molecule has 16 heavy (non-hydrogen) atoms. The van der Waals surface area contributed by atoms with Gasteiger partial charge in [0.05, 0.1) is 5.69 Å². The zero-order chi connectivity index (χ0) is 11.2. The van der Waals surface area contributed by atoms with E-state index in [-0.39, 0.29) is 6.61 Å². The molecule has 0 spiro atoms. The van der Waals surface area contributed by atoms with Gasteiger partial charge in [0.15, 0.2) is 0 Å². The van der Waals surface area contributed by atoms with Crippen LogP contribution in [-0.4, -0.2) is 51.2 Å². The Morgan fingerprint density at radius 2 is 2.06 bits per heavy atom. The zero-order valence-electron chi connectivity index (χ0n) is 9.68. The van der Waals surface area contributed by atoms with Crippen LogP contribution in [-0.2, 0) is 13.0 Å². The maximum atomic E-state index is 8.76. The minimum Gasteiger partial charge on any atom is -0.396 e. The molecule has 1 fully saturated rings. The van der Waals surface area contributed by atoms with Gasteiger partial charge in [-0.15, -0.1) is 5.10 Å². The van der Waals surface area contributed by atoms with E-state index in [9.17, 15) is 0 Å². The van der Waals surface area contributed by atoms with E-state index in [1.807, 2.05) is 10.9 Å². The fourth-order valence-electron chi connectivity index (χ4n) is 2.14. The Balaban J connectivity index is 1.67. The van der Waals surface area contributed by atoms with Crippen LogP contribution in [0.25, 0.3) is 0 Å². The number of rotatable bonds is 6. The van der Waals surface area contributed by atoms with Gasteiger partial charge in [-0.25, -0.2) is 0 Å². The fraction of sp³-hybridized carbons (Fsp3) is 0.818. The molecule has 0 aromatic carbocycles. The van der Waals surface area contributed by atoms with Crippen LogP contribution >= 0.6 is 0 Å². The highest BCUT2D eigenvalue weighted by atomic mass is 16.3. The summed E-state index contributed by atoms with van der Waals surface area (Å²) in [5, 5.41) is 16.8. The topological polar surface area (TPSA) is 54.2 Å². The van der Waals surface area contributed by atoms with E-state index in [0.29, 0.717) is 6.42 Å².